The summed E-state index contributed by atoms with van der Waals surface area (Å²) < 4.78 is 0. The third-order valence-corrected chi connectivity index (χ3v) is 5.75. The Bertz CT molecular complexity index is 1290. The molecule has 41 heavy (non-hydrogen) atoms. The molecule has 0 saturated heterocycles. The van der Waals surface area contributed by atoms with Crippen LogP contribution in [0.15, 0.2) is 194 Å². The molecule has 7 aromatic rings. The van der Waals surface area contributed by atoms with Gasteiger partial charge in [-0.2, -0.15) is 0 Å². The van der Waals surface area contributed by atoms with Gasteiger partial charge in [0.2, 0.25) is 0 Å². The van der Waals surface area contributed by atoms with Crippen LogP contribution in [-0.4, -0.2) is 0 Å². The fourth-order valence-corrected chi connectivity index (χ4v) is 3.78. The maximum absolute atomic E-state index is 4.72. The molecular weight excluding hydrogens is 664 g/mol. The maximum Gasteiger partial charge on any atom is 2.00 e. The molecule has 0 unspecified atom stereocenters. The van der Waals surface area contributed by atoms with Gasteiger partial charge in [0.05, 0.1) is 0 Å². The quantitative estimate of drug-likeness (QED) is 0.118. The van der Waals surface area contributed by atoms with Gasteiger partial charge in [0.15, 0.2) is 0 Å². The van der Waals surface area contributed by atoms with E-state index in [1.807, 2.05) is 36.4 Å². The topological polar surface area (TPSA) is 0 Å². The number of allylic oxidation sites excluding steroid dienone is 2. The summed E-state index contributed by atoms with van der Waals surface area (Å²) in [5.41, 5.74) is 0. The van der Waals surface area contributed by atoms with Crippen LogP contribution < -0.4 is 0 Å². The van der Waals surface area contributed by atoms with Crippen molar-refractivity contribution in [2.24, 2.45) is 0 Å². The van der Waals surface area contributed by atoms with Gasteiger partial charge in [-0.05, 0) is 32.3 Å². The molecule has 7 aromatic carbocycles. The molecule has 0 aliphatic heterocycles. The molecule has 0 saturated carbocycles. The molecule has 7 rings (SSSR count). The molecule has 0 atom stereocenters. The summed E-state index contributed by atoms with van der Waals surface area (Å²) in [5.74, 6) is 0. The van der Waals surface area contributed by atoms with Crippen molar-refractivity contribution in [3.63, 3.8) is 0 Å². The van der Waals surface area contributed by atoms with Gasteiger partial charge in [0.25, 0.3) is 0 Å². The van der Waals surface area contributed by atoms with Crippen molar-refractivity contribution in [1.29, 1.82) is 0 Å². The van der Waals surface area contributed by atoms with Crippen LogP contribution in [0.4, 0.5) is 0 Å². The third kappa shape index (κ3) is 12.5. The van der Waals surface area contributed by atoms with Gasteiger partial charge in [-0.3, -0.25) is 0 Å². The number of hydrogen-bond donors (Lipinski definition) is 0. The molecule has 0 radical (unpaired) electrons. The first-order valence-electron chi connectivity index (χ1n) is 13.2. The molecule has 1 heteroatoms. The van der Waals surface area contributed by atoms with Crippen molar-refractivity contribution in [1.82, 2.24) is 0 Å². The number of fused-ring (bicyclic) bond motifs is 3. The Morgan fingerprint density at radius 1 is 0.244 bits per heavy atom. The van der Waals surface area contributed by atoms with Crippen molar-refractivity contribution in [3.05, 3.63) is 207 Å². The van der Waals surface area contributed by atoms with Crippen LogP contribution in [0.25, 0.3) is 32.3 Å². The van der Waals surface area contributed by atoms with E-state index in [0.717, 1.165) is 0 Å². The van der Waals surface area contributed by atoms with Crippen LogP contribution in [0, 0.1) is 13.2 Å². The molecule has 0 spiro atoms. The molecule has 0 heterocycles. The van der Waals surface area contributed by atoms with Crippen molar-refractivity contribution in [2.75, 3.05) is 0 Å². The number of hydrogen-bond acceptors (Lipinski definition) is 0. The molecular formula is C40H34W. The predicted octanol–water partition coefficient (Wildman–Crippen LogP) is 11.2. The first-order chi connectivity index (χ1) is 19.8. The second-order valence-corrected chi connectivity index (χ2v) is 8.58. The van der Waals surface area contributed by atoms with E-state index >= 15 is 0 Å². The Morgan fingerprint density at radius 3 is 0.463 bits per heavy atom. The standard InChI is InChI=1S/3C10H8.C6H6.C4H4.W/c3*1-2-6-10-8-4-3-7-9(10)5-1;1-2-4-6-5-3-1;1-3-4-2;/h3*1-8H;1-6H;1-4H;/q;;;;-2;+2. The predicted molar refractivity (Wildman–Crippen MR) is 176 cm³/mol. The minimum atomic E-state index is 0. The van der Waals surface area contributed by atoms with Gasteiger partial charge in [-0.15, -0.1) is 0 Å². The molecule has 0 aliphatic rings. The summed E-state index contributed by atoms with van der Waals surface area (Å²) in [6.45, 7) is 9.44. The second-order valence-electron chi connectivity index (χ2n) is 8.58. The molecule has 0 amide bonds. The largest absolute Gasteiger partial charge is 2.00 e. The smallest absolute Gasteiger partial charge is 0.394 e. The van der Waals surface area contributed by atoms with Crippen LogP contribution in [0.1, 0.15) is 0 Å². The van der Waals surface area contributed by atoms with Crippen LogP contribution >= 0.6 is 0 Å². The third-order valence-electron chi connectivity index (χ3n) is 5.75. The van der Waals surface area contributed by atoms with Crippen molar-refractivity contribution < 1.29 is 21.1 Å². The first-order valence-corrected chi connectivity index (χ1v) is 13.2. The van der Waals surface area contributed by atoms with Gasteiger partial charge in [-0.1, -0.05) is 182 Å². The minimum absolute atomic E-state index is 0. The van der Waals surface area contributed by atoms with E-state index in [9.17, 15) is 0 Å². The van der Waals surface area contributed by atoms with Crippen molar-refractivity contribution in [2.45, 2.75) is 0 Å². The van der Waals surface area contributed by atoms with E-state index in [-0.39, 0.29) is 21.1 Å². The van der Waals surface area contributed by atoms with Crippen LogP contribution in [-0.2, 0) is 21.1 Å². The normalized spacial score (nSPS) is 8.98. The number of benzene rings is 7. The summed E-state index contributed by atoms with van der Waals surface area (Å²) >= 11 is 0. The summed E-state index contributed by atoms with van der Waals surface area (Å²) in [7, 11) is 0. The van der Waals surface area contributed by atoms with E-state index in [1.54, 1.807) is 0 Å². The zero-order valence-corrected chi connectivity index (χ0v) is 26.0. The van der Waals surface area contributed by atoms with Crippen LogP contribution in [0.3, 0.4) is 0 Å². The minimum Gasteiger partial charge on any atom is -0.394 e. The Labute approximate surface area is 259 Å². The Morgan fingerprint density at radius 2 is 0.366 bits per heavy atom. The van der Waals surface area contributed by atoms with Gasteiger partial charge >= 0.3 is 21.1 Å². The molecule has 0 bridgehead atoms. The summed E-state index contributed by atoms with van der Waals surface area (Å²) in [6, 6.07) is 62.1. The van der Waals surface area contributed by atoms with Crippen molar-refractivity contribution >= 4 is 32.3 Å². The monoisotopic (exact) mass is 698 g/mol. The molecule has 0 aliphatic carbocycles. The molecule has 200 valence electrons. The van der Waals surface area contributed by atoms with E-state index in [2.05, 4.69) is 146 Å². The Balaban J connectivity index is 0.000000184. The fourth-order valence-electron chi connectivity index (χ4n) is 3.78. The van der Waals surface area contributed by atoms with Gasteiger partial charge in [0.1, 0.15) is 0 Å². The van der Waals surface area contributed by atoms with Crippen molar-refractivity contribution in [3.8, 4) is 0 Å². The second kappa shape index (κ2) is 20.4. The zero-order chi connectivity index (χ0) is 28.1. The van der Waals surface area contributed by atoms with Gasteiger partial charge in [0, 0.05) is 0 Å². The zero-order valence-electron chi connectivity index (χ0n) is 23.0. The van der Waals surface area contributed by atoms with E-state index in [1.165, 1.54) is 44.5 Å². The Hall–Kier alpha value is -4.51. The average molecular weight is 699 g/mol. The van der Waals surface area contributed by atoms with Crippen LogP contribution in [0.2, 0.25) is 0 Å². The maximum atomic E-state index is 4.72. The summed E-state index contributed by atoms with van der Waals surface area (Å²) in [6.07, 6.45) is 2.56. The van der Waals surface area contributed by atoms with E-state index < -0.39 is 0 Å². The fraction of sp³-hybridized carbons (Fsp3) is 0. The summed E-state index contributed by atoms with van der Waals surface area (Å²) in [4.78, 5) is 0. The number of rotatable bonds is 1. The van der Waals surface area contributed by atoms with Gasteiger partial charge in [-0.25, -0.2) is 0 Å². The molecule has 0 fully saturated rings. The Kier molecular flexibility index (Phi) is 16.3. The molecule has 0 nitrogen and oxygen atoms in total. The molecule has 0 N–H and O–H groups in total. The van der Waals surface area contributed by atoms with Gasteiger partial charge < -0.3 is 25.3 Å². The van der Waals surface area contributed by atoms with Crippen LogP contribution in [0.5, 0.6) is 0 Å². The molecule has 0 aromatic heterocycles. The first kappa shape index (κ1) is 32.7. The van der Waals surface area contributed by atoms with E-state index in [4.69, 9.17) is 13.2 Å². The average Bonchev–Trinajstić information content (AvgIpc) is 3.07. The SMILES string of the molecule is [CH-]=CC=[CH-].[W+2].c1ccc2ccccc2c1.c1ccc2ccccc2c1.c1ccc2ccccc2c1.c1ccccc1. The summed E-state index contributed by atoms with van der Waals surface area (Å²) in [5, 5.41) is 7.86. The van der Waals surface area contributed by atoms with E-state index in [0.29, 0.717) is 0 Å².